The zero-order valence-electron chi connectivity index (χ0n) is 30.3. The molecule has 4 rings (SSSR count). The van der Waals surface area contributed by atoms with Crippen LogP contribution < -0.4 is 14.2 Å². The first-order chi connectivity index (χ1) is 24.3. The van der Waals surface area contributed by atoms with Crippen molar-refractivity contribution in [3.63, 3.8) is 0 Å². The van der Waals surface area contributed by atoms with Crippen molar-refractivity contribution in [3.8, 4) is 23.0 Å². The van der Waals surface area contributed by atoms with Crippen LogP contribution in [0.15, 0.2) is 28.5 Å². The Morgan fingerprint density at radius 3 is 1.81 bits per heavy atom. The maximum atomic E-state index is 16.2. The quantitative estimate of drug-likeness (QED) is 0.162. The van der Waals surface area contributed by atoms with E-state index in [0.29, 0.717) is 27.8 Å². The minimum atomic E-state index is -1.12. The highest BCUT2D eigenvalue weighted by atomic mass is 79.9. The Labute approximate surface area is 308 Å². The summed E-state index contributed by atoms with van der Waals surface area (Å²) in [5, 5.41) is 20.9. The van der Waals surface area contributed by atoms with Crippen LogP contribution in [0.2, 0.25) is 0 Å². The molecule has 0 aromatic heterocycles. The molecule has 0 saturated carbocycles. The number of carboxylic acid groups (broad SMARTS) is 1. The summed E-state index contributed by atoms with van der Waals surface area (Å²) in [7, 11) is 1.30. The molecule has 0 heterocycles. The molecular formula is C39H38BrFO11. The first-order valence-electron chi connectivity index (χ1n) is 16.1. The first-order valence-corrected chi connectivity index (χ1v) is 16.9. The summed E-state index contributed by atoms with van der Waals surface area (Å²) in [5.74, 6) is -7.26. The molecule has 1 aliphatic rings. The number of halogens is 2. The van der Waals surface area contributed by atoms with E-state index >= 15 is 4.39 Å². The molecule has 52 heavy (non-hydrogen) atoms. The highest BCUT2D eigenvalue weighted by Gasteiger charge is 2.33. The molecule has 1 aliphatic carbocycles. The topological polar surface area (TPSA) is 163 Å². The number of carboxylic acids is 1. The summed E-state index contributed by atoms with van der Waals surface area (Å²) < 4.78 is 38.2. The van der Waals surface area contributed by atoms with Crippen molar-refractivity contribution in [1.29, 1.82) is 0 Å². The van der Waals surface area contributed by atoms with Crippen molar-refractivity contribution in [2.24, 2.45) is 5.92 Å². The van der Waals surface area contributed by atoms with Gasteiger partial charge in [-0.15, -0.1) is 0 Å². The fourth-order valence-corrected chi connectivity index (χ4v) is 6.87. The van der Waals surface area contributed by atoms with Gasteiger partial charge in [0.1, 0.15) is 33.2 Å². The van der Waals surface area contributed by atoms with Crippen LogP contribution in [0.1, 0.15) is 88.1 Å². The van der Waals surface area contributed by atoms with E-state index in [1.165, 1.54) is 33.1 Å². The van der Waals surface area contributed by atoms with Crippen LogP contribution in [0.3, 0.4) is 0 Å². The Morgan fingerprint density at radius 1 is 0.750 bits per heavy atom. The Hall–Kier alpha value is -5.30. The van der Waals surface area contributed by atoms with Crippen molar-refractivity contribution < 1.29 is 57.5 Å². The number of ether oxygens (including phenoxy) is 4. The molecule has 2 N–H and O–H groups in total. The number of aromatic hydroxyl groups is 1. The number of phenolic OH excluding ortho intramolecular Hbond substituents is 1. The maximum absolute atomic E-state index is 16.2. The third-order valence-electron chi connectivity index (χ3n) is 9.59. The summed E-state index contributed by atoms with van der Waals surface area (Å²) in [5.41, 5.74) is 2.23. The molecule has 3 aromatic carbocycles. The first kappa shape index (κ1) is 39.5. The molecule has 0 aliphatic heterocycles. The number of methoxy groups -OCH3 is 1. The van der Waals surface area contributed by atoms with E-state index in [0.717, 1.165) is 6.08 Å². The Balaban J connectivity index is 1.71. The lowest BCUT2D eigenvalue weighted by Crippen LogP contribution is -2.25. The molecule has 11 nitrogen and oxygen atoms in total. The molecule has 13 heteroatoms. The third-order valence-corrected chi connectivity index (χ3v) is 10.3. The van der Waals surface area contributed by atoms with Gasteiger partial charge < -0.3 is 29.2 Å². The summed E-state index contributed by atoms with van der Waals surface area (Å²) in [6.07, 6.45) is 3.81. The van der Waals surface area contributed by atoms with E-state index in [1.807, 2.05) is 0 Å². The number of hydrogen-bond donors (Lipinski definition) is 2. The van der Waals surface area contributed by atoms with Crippen molar-refractivity contribution in [3.05, 3.63) is 101 Å². The number of aromatic carboxylic acids is 1. The van der Waals surface area contributed by atoms with Crippen LogP contribution in [-0.2, 0) is 20.7 Å². The highest BCUT2D eigenvalue weighted by molar-refractivity contribution is 9.10. The van der Waals surface area contributed by atoms with Crippen LogP contribution in [0.4, 0.5) is 4.39 Å². The standard InChI is InChI=1S/C39H38BrFO11/c1-11-24-21(8)28(38(47)50-33-18(5)15(2)27(36(44)45)16(3)19(33)6)22(9)31(41)35(24)52-39(48)29-17(4)20(7)34(30(40)32(29)43)51-37(46)25-13-12-23(42)14-26(25)49-10/h12-14,25,43H,11H2,1-10H3,(H,44,45). The van der Waals surface area contributed by atoms with Gasteiger partial charge in [-0.25, -0.2) is 18.8 Å². The number of allylic oxidation sites excluding steroid dienone is 2. The molecule has 0 radical (unpaired) electrons. The van der Waals surface area contributed by atoms with Gasteiger partial charge in [0.2, 0.25) is 0 Å². The maximum Gasteiger partial charge on any atom is 0.347 e. The minimum Gasteiger partial charge on any atom is -0.506 e. The number of hydrogen-bond acceptors (Lipinski definition) is 10. The molecular weight excluding hydrogens is 743 g/mol. The molecule has 0 fully saturated rings. The van der Waals surface area contributed by atoms with E-state index in [-0.39, 0.29) is 72.9 Å². The monoisotopic (exact) mass is 780 g/mol. The van der Waals surface area contributed by atoms with Crippen LogP contribution in [0.25, 0.3) is 0 Å². The zero-order valence-corrected chi connectivity index (χ0v) is 31.9. The van der Waals surface area contributed by atoms with Gasteiger partial charge in [0.25, 0.3) is 0 Å². The number of carbonyl (C=O) groups is 5. The fraction of sp³-hybridized carbons (Fsp3) is 0.308. The van der Waals surface area contributed by atoms with Crippen LogP contribution in [-0.4, -0.2) is 47.0 Å². The van der Waals surface area contributed by atoms with Gasteiger partial charge in [0.15, 0.2) is 23.1 Å². The van der Waals surface area contributed by atoms with Gasteiger partial charge in [-0.2, -0.15) is 0 Å². The third kappa shape index (κ3) is 6.84. The van der Waals surface area contributed by atoms with Gasteiger partial charge in [0, 0.05) is 17.2 Å². The number of esters is 3. The number of carbonyl (C=O) groups excluding carboxylic acids is 4. The van der Waals surface area contributed by atoms with Crippen molar-refractivity contribution in [2.75, 3.05) is 7.11 Å². The molecule has 0 saturated heterocycles. The minimum absolute atomic E-state index is 0.0656. The molecule has 1 unspecified atom stereocenters. The summed E-state index contributed by atoms with van der Waals surface area (Å²) >= 11 is 3.20. The Morgan fingerprint density at radius 2 is 1.27 bits per heavy atom. The lowest BCUT2D eigenvalue weighted by molar-refractivity contribution is -0.137. The highest BCUT2D eigenvalue weighted by Crippen LogP contribution is 2.44. The van der Waals surface area contributed by atoms with Gasteiger partial charge >= 0.3 is 23.9 Å². The lowest BCUT2D eigenvalue weighted by Gasteiger charge is -2.22. The Kier molecular flexibility index (Phi) is 11.5. The van der Waals surface area contributed by atoms with Crippen molar-refractivity contribution in [2.45, 2.75) is 68.7 Å². The predicted octanol–water partition coefficient (Wildman–Crippen LogP) is 7.65. The summed E-state index contributed by atoms with van der Waals surface area (Å²) in [6, 6.07) is 0. The number of benzene rings is 3. The second kappa shape index (κ2) is 15.1. The average Bonchev–Trinajstić information content (AvgIpc) is 3.09. The van der Waals surface area contributed by atoms with E-state index in [4.69, 9.17) is 18.9 Å². The second-order valence-electron chi connectivity index (χ2n) is 12.4. The van der Waals surface area contributed by atoms with Crippen molar-refractivity contribution in [1.82, 2.24) is 0 Å². The molecule has 0 bridgehead atoms. The average molecular weight is 782 g/mol. The molecule has 274 valence electrons. The van der Waals surface area contributed by atoms with Gasteiger partial charge in [-0.05, 0) is 123 Å². The number of ketones is 1. The van der Waals surface area contributed by atoms with E-state index in [9.17, 15) is 34.2 Å². The summed E-state index contributed by atoms with van der Waals surface area (Å²) in [6.45, 7) is 14.1. The number of phenols is 1. The molecule has 3 aromatic rings. The normalized spacial score (nSPS) is 13.8. The Bertz CT molecular complexity index is 2100. The van der Waals surface area contributed by atoms with Gasteiger partial charge in [-0.3, -0.25) is 9.59 Å². The fourth-order valence-electron chi connectivity index (χ4n) is 6.29. The van der Waals surface area contributed by atoms with Crippen LogP contribution in [0, 0.1) is 67.1 Å². The molecule has 1 atom stereocenters. The second-order valence-corrected chi connectivity index (χ2v) is 13.2. The predicted molar refractivity (Wildman–Crippen MR) is 191 cm³/mol. The molecule has 0 amide bonds. The SMILES string of the molecule is CCc1c(C)c(C(=O)Oc2c(C)c(C)c(C(=O)O)c(C)c2C)c(C)c(F)c1OC(=O)c1c(C)c(C)c(OC(=O)C2C=CC(=O)C=C2OC)c(Br)c1O. The smallest absolute Gasteiger partial charge is 0.347 e. The lowest BCUT2D eigenvalue weighted by atomic mass is 9.92. The van der Waals surface area contributed by atoms with Crippen molar-refractivity contribution >= 4 is 45.6 Å². The van der Waals surface area contributed by atoms with Crippen LogP contribution in [0.5, 0.6) is 23.0 Å². The van der Waals surface area contributed by atoms with E-state index in [2.05, 4.69) is 15.9 Å². The largest absolute Gasteiger partial charge is 0.506 e. The summed E-state index contributed by atoms with van der Waals surface area (Å²) in [4.78, 5) is 64.1. The zero-order chi connectivity index (χ0) is 39.1. The number of rotatable bonds is 9. The van der Waals surface area contributed by atoms with Gasteiger partial charge in [0.05, 0.1) is 18.2 Å². The van der Waals surface area contributed by atoms with Gasteiger partial charge in [-0.1, -0.05) is 13.0 Å². The van der Waals surface area contributed by atoms with E-state index in [1.54, 1.807) is 48.5 Å². The van der Waals surface area contributed by atoms with Crippen LogP contribution >= 0.6 is 15.9 Å². The van der Waals surface area contributed by atoms with E-state index < -0.39 is 47.1 Å². The molecule has 0 spiro atoms.